The molecule has 5 nitrogen and oxygen atoms in total. The minimum atomic E-state index is -1.08. The van der Waals surface area contributed by atoms with E-state index in [1.54, 1.807) is 0 Å². The standard InChI is InChI=1S/C13H14ClNO4/c14-9-3-4-11(16)8(6-9)7-12(17)10-2-1-5-15(10)13(18)19/h3-4,6,10,16H,1-2,5,7H2,(H,18,19)/t10-/m0/s1. The van der Waals surface area contributed by atoms with Gasteiger partial charge in [-0.1, -0.05) is 11.6 Å². The van der Waals surface area contributed by atoms with Gasteiger partial charge < -0.3 is 10.2 Å². The van der Waals surface area contributed by atoms with Crippen molar-refractivity contribution in [2.24, 2.45) is 0 Å². The van der Waals surface area contributed by atoms with Crippen LogP contribution in [0.4, 0.5) is 4.79 Å². The number of likely N-dealkylation sites (tertiary alicyclic amines) is 1. The predicted molar refractivity (Wildman–Crippen MR) is 69.6 cm³/mol. The molecular formula is C13H14ClNO4. The smallest absolute Gasteiger partial charge is 0.407 e. The summed E-state index contributed by atoms with van der Waals surface area (Å²) in [5.74, 6) is -0.213. The van der Waals surface area contributed by atoms with E-state index in [1.807, 2.05) is 0 Å². The summed E-state index contributed by atoms with van der Waals surface area (Å²) in [6.07, 6.45) is 0.128. The number of phenols is 1. The zero-order valence-corrected chi connectivity index (χ0v) is 10.9. The van der Waals surface area contributed by atoms with Crippen LogP contribution in [0.15, 0.2) is 18.2 Å². The topological polar surface area (TPSA) is 77.8 Å². The molecule has 1 atom stereocenters. The number of aromatic hydroxyl groups is 1. The van der Waals surface area contributed by atoms with Crippen molar-refractivity contribution < 1.29 is 19.8 Å². The lowest BCUT2D eigenvalue weighted by Crippen LogP contribution is -2.40. The zero-order valence-electron chi connectivity index (χ0n) is 10.2. The molecule has 1 aromatic carbocycles. The summed E-state index contributed by atoms with van der Waals surface area (Å²) in [5, 5.41) is 19.1. The lowest BCUT2D eigenvalue weighted by atomic mass is 10.0. The molecule has 0 aliphatic carbocycles. The van der Waals surface area contributed by atoms with Gasteiger partial charge in [0.15, 0.2) is 5.78 Å². The molecule has 1 aromatic rings. The van der Waals surface area contributed by atoms with Crippen LogP contribution in [-0.2, 0) is 11.2 Å². The van der Waals surface area contributed by atoms with E-state index in [0.29, 0.717) is 30.0 Å². The Balaban J connectivity index is 2.12. The minimum absolute atomic E-state index is 0.00220. The number of carbonyl (C=O) groups excluding carboxylic acids is 1. The highest BCUT2D eigenvalue weighted by atomic mass is 35.5. The molecule has 1 aliphatic rings. The van der Waals surface area contributed by atoms with E-state index in [9.17, 15) is 14.7 Å². The third-order valence-corrected chi connectivity index (χ3v) is 3.51. The number of hydrogen-bond acceptors (Lipinski definition) is 3. The maximum absolute atomic E-state index is 12.1. The highest BCUT2D eigenvalue weighted by molar-refractivity contribution is 6.30. The average molecular weight is 284 g/mol. The Bertz CT molecular complexity index is 517. The van der Waals surface area contributed by atoms with Crippen LogP contribution in [0.1, 0.15) is 18.4 Å². The Hall–Kier alpha value is -1.75. The van der Waals surface area contributed by atoms with Gasteiger partial charge in [-0.3, -0.25) is 9.69 Å². The number of amides is 1. The summed E-state index contributed by atoms with van der Waals surface area (Å²) in [6, 6.07) is 3.86. The van der Waals surface area contributed by atoms with Crippen LogP contribution in [0.2, 0.25) is 5.02 Å². The maximum atomic E-state index is 12.1. The first kappa shape index (κ1) is 13.7. The van der Waals surface area contributed by atoms with Crippen LogP contribution in [-0.4, -0.2) is 39.6 Å². The number of ketones is 1. The van der Waals surface area contributed by atoms with Gasteiger partial charge in [0, 0.05) is 23.6 Å². The number of Topliss-reactive ketones (excluding diaryl/α,β-unsaturated/α-hetero) is 1. The molecule has 1 aliphatic heterocycles. The van der Waals surface area contributed by atoms with E-state index in [-0.39, 0.29) is 18.0 Å². The van der Waals surface area contributed by atoms with Crippen molar-refractivity contribution >= 4 is 23.5 Å². The summed E-state index contributed by atoms with van der Waals surface area (Å²) in [6.45, 7) is 0.382. The van der Waals surface area contributed by atoms with Gasteiger partial charge in [-0.05, 0) is 31.0 Å². The van der Waals surface area contributed by atoms with Gasteiger partial charge in [-0.2, -0.15) is 0 Å². The Morgan fingerprint density at radius 2 is 2.16 bits per heavy atom. The van der Waals surface area contributed by atoms with Crippen molar-refractivity contribution in [1.29, 1.82) is 0 Å². The second kappa shape index (κ2) is 5.48. The Labute approximate surface area is 115 Å². The first-order chi connectivity index (χ1) is 8.99. The number of carbonyl (C=O) groups is 2. The number of phenolic OH excluding ortho intramolecular Hbond substituents is 1. The summed E-state index contributed by atoms with van der Waals surface area (Å²) in [4.78, 5) is 24.3. The summed E-state index contributed by atoms with van der Waals surface area (Å²) in [5.41, 5.74) is 0.426. The van der Waals surface area contributed by atoms with E-state index in [2.05, 4.69) is 0 Å². The minimum Gasteiger partial charge on any atom is -0.508 e. The van der Waals surface area contributed by atoms with Gasteiger partial charge in [-0.15, -0.1) is 0 Å². The van der Waals surface area contributed by atoms with Crippen molar-refractivity contribution in [3.8, 4) is 5.75 Å². The van der Waals surface area contributed by atoms with Gasteiger partial charge in [0.05, 0.1) is 6.04 Å². The normalized spacial score (nSPS) is 18.6. The molecule has 19 heavy (non-hydrogen) atoms. The van der Waals surface area contributed by atoms with E-state index < -0.39 is 12.1 Å². The van der Waals surface area contributed by atoms with E-state index in [1.165, 1.54) is 18.2 Å². The first-order valence-corrected chi connectivity index (χ1v) is 6.36. The highest BCUT2D eigenvalue weighted by Gasteiger charge is 2.33. The van der Waals surface area contributed by atoms with Crippen LogP contribution in [0.25, 0.3) is 0 Å². The van der Waals surface area contributed by atoms with Crippen LogP contribution in [0, 0.1) is 0 Å². The third kappa shape index (κ3) is 2.98. The Kier molecular flexibility index (Phi) is 3.95. The molecule has 0 saturated carbocycles. The van der Waals surface area contributed by atoms with E-state index in [0.717, 1.165) is 4.90 Å². The summed E-state index contributed by atoms with van der Waals surface area (Å²) >= 11 is 5.81. The fourth-order valence-corrected chi connectivity index (χ4v) is 2.53. The molecular weight excluding hydrogens is 270 g/mol. The van der Waals surface area contributed by atoms with Crippen molar-refractivity contribution in [2.75, 3.05) is 6.54 Å². The van der Waals surface area contributed by atoms with Crippen LogP contribution in [0.5, 0.6) is 5.75 Å². The van der Waals surface area contributed by atoms with Gasteiger partial charge in [-0.25, -0.2) is 4.79 Å². The monoisotopic (exact) mass is 283 g/mol. The lowest BCUT2D eigenvalue weighted by Gasteiger charge is -2.20. The largest absolute Gasteiger partial charge is 0.508 e. The van der Waals surface area contributed by atoms with Crippen molar-refractivity contribution in [1.82, 2.24) is 4.90 Å². The lowest BCUT2D eigenvalue weighted by molar-refractivity contribution is -0.122. The molecule has 0 spiro atoms. The van der Waals surface area contributed by atoms with E-state index in [4.69, 9.17) is 16.7 Å². The number of carboxylic acid groups (broad SMARTS) is 1. The number of nitrogens with zero attached hydrogens (tertiary/aromatic N) is 1. The number of halogens is 1. The molecule has 2 N–H and O–H groups in total. The zero-order chi connectivity index (χ0) is 14.0. The number of hydrogen-bond donors (Lipinski definition) is 2. The average Bonchev–Trinajstić information content (AvgIpc) is 2.83. The summed E-state index contributed by atoms with van der Waals surface area (Å²) < 4.78 is 0. The molecule has 0 radical (unpaired) electrons. The van der Waals surface area contributed by atoms with Crippen LogP contribution >= 0.6 is 11.6 Å². The fourth-order valence-electron chi connectivity index (χ4n) is 2.33. The van der Waals surface area contributed by atoms with Crippen molar-refractivity contribution in [2.45, 2.75) is 25.3 Å². The molecule has 1 heterocycles. The SMILES string of the molecule is O=C(Cc1cc(Cl)ccc1O)[C@@H]1CCCN1C(=O)O. The molecule has 0 aromatic heterocycles. The van der Waals surface area contributed by atoms with Gasteiger partial charge in [0.2, 0.25) is 0 Å². The maximum Gasteiger partial charge on any atom is 0.407 e. The second-order valence-corrected chi connectivity index (χ2v) is 4.99. The fraction of sp³-hybridized carbons (Fsp3) is 0.385. The molecule has 1 saturated heterocycles. The molecule has 1 amide bonds. The van der Waals surface area contributed by atoms with Crippen LogP contribution in [0.3, 0.4) is 0 Å². The Morgan fingerprint density at radius 1 is 1.42 bits per heavy atom. The highest BCUT2D eigenvalue weighted by Crippen LogP contribution is 2.25. The molecule has 1 fully saturated rings. The molecule has 6 heteroatoms. The third-order valence-electron chi connectivity index (χ3n) is 3.28. The molecule has 2 rings (SSSR count). The Morgan fingerprint density at radius 3 is 2.84 bits per heavy atom. The van der Waals surface area contributed by atoms with Crippen molar-refractivity contribution in [3.05, 3.63) is 28.8 Å². The number of benzene rings is 1. The van der Waals surface area contributed by atoms with Gasteiger partial charge >= 0.3 is 6.09 Å². The van der Waals surface area contributed by atoms with Gasteiger partial charge in [0.25, 0.3) is 0 Å². The van der Waals surface area contributed by atoms with Gasteiger partial charge in [0.1, 0.15) is 5.75 Å². The molecule has 0 unspecified atom stereocenters. The number of rotatable bonds is 3. The summed E-state index contributed by atoms with van der Waals surface area (Å²) in [7, 11) is 0. The predicted octanol–water partition coefficient (Wildman–Crippen LogP) is 2.30. The van der Waals surface area contributed by atoms with E-state index >= 15 is 0 Å². The van der Waals surface area contributed by atoms with Crippen molar-refractivity contribution in [3.63, 3.8) is 0 Å². The first-order valence-electron chi connectivity index (χ1n) is 5.98. The molecule has 102 valence electrons. The second-order valence-electron chi connectivity index (χ2n) is 4.55. The van der Waals surface area contributed by atoms with Crippen LogP contribution < -0.4 is 0 Å². The molecule has 0 bridgehead atoms. The quantitative estimate of drug-likeness (QED) is 0.892.